The lowest BCUT2D eigenvalue weighted by Gasteiger charge is -2.21. The molecule has 454 valence electrons. The molecule has 0 saturated heterocycles. The van der Waals surface area contributed by atoms with Gasteiger partial charge in [0.05, 0.1) is 19.8 Å². The molecule has 0 rings (SSSR count). The van der Waals surface area contributed by atoms with E-state index in [0.29, 0.717) is 25.7 Å². The number of rotatable bonds is 56. The Morgan fingerprint density at radius 2 is 0.675 bits per heavy atom. The second-order valence-corrected chi connectivity index (χ2v) is 21.6. The second-order valence-electron chi connectivity index (χ2n) is 20.1. The molecule has 0 aliphatic rings. The SMILES string of the molecule is CC/C=C\C/C=C\C/C=C\C/C=C\C/C=C\C/C=C\CCC(=O)OC(COC(=O)CCCCCCCC/C=C\C/C=C\C/C=C\C/C=C\CC)COP(=O)(O)OCC(CO)OC(=O)CCCCCCC/C=C\CCCCCCCC. The van der Waals surface area contributed by atoms with E-state index in [1.807, 2.05) is 12.2 Å². The molecule has 0 saturated carbocycles. The zero-order valence-electron chi connectivity index (χ0n) is 50.2. The molecule has 0 bridgehead atoms. The maximum absolute atomic E-state index is 12.9. The fraction of sp³-hybridized carbons (Fsp3) is 0.632. The summed E-state index contributed by atoms with van der Waals surface area (Å²) in [5, 5.41) is 9.84. The van der Waals surface area contributed by atoms with Gasteiger partial charge < -0.3 is 24.2 Å². The average molecular weight is 1140 g/mol. The Labute approximate surface area is 487 Å². The van der Waals surface area contributed by atoms with E-state index in [2.05, 4.69) is 142 Å². The van der Waals surface area contributed by atoms with Crippen molar-refractivity contribution in [1.29, 1.82) is 0 Å². The number of phosphoric ester groups is 1. The van der Waals surface area contributed by atoms with Gasteiger partial charge in [0.2, 0.25) is 0 Å². The van der Waals surface area contributed by atoms with Gasteiger partial charge in [0.1, 0.15) is 12.7 Å². The molecule has 12 heteroatoms. The number of hydrogen-bond acceptors (Lipinski definition) is 10. The number of carbonyl (C=O) groups is 3. The number of aliphatic hydroxyl groups is 1. The van der Waals surface area contributed by atoms with Crippen molar-refractivity contribution in [3.05, 3.63) is 134 Å². The number of unbranched alkanes of at least 4 members (excludes halogenated alkanes) is 17. The van der Waals surface area contributed by atoms with Crippen LogP contribution in [-0.2, 0) is 42.2 Å². The van der Waals surface area contributed by atoms with Gasteiger partial charge in [-0.2, -0.15) is 0 Å². The van der Waals surface area contributed by atoms with Gasteiger partial charge in [0.25, 0.3) is 0 Å². The van der Waals surface area contributed by atoms with Crippen LogP contribution in [0, 0.1) is 0 Å². The summed E-state index contributed by atoms with van der Waals surface area (Å²) in [5.41, 5.74) is 0. The number of phosphoric acid groups is 1. The minimum Gasteiger partial charge on any atom is -0.462 e. The molecule has 0 aromatic heterocycles. The van der Waals surface area contributed by atoms with E-state index < -0.39 is 57.8 Å². The monoisotopic (exact) mass is 1130 g/mol. The van der Waals surface area contributed by atoms with Crippen molar-refractivity contribution >= 4 is 25.7 Å². The van der Waals surface area contributed by atoms with Gasteiger partial charge in [0.15, 0.2) is 6.10 Å². The second kappa shape index (κ2) is 60.7. The molecule has 0 heterocycles. The van der Waals surface area contributed by atoms with Gasteiger partial charge in [0, 0.05) is 19.3 Å². The first-order valence-corrected chi connectivity index (χ1v) is 32.6. The van der Waals surface area contributed by atoms with Crippen molar-refractivity contribution < 1.29 is 52.2 Å². The lowest BCUT2D eigenvalue weighted by atomic mass is 10.1. The summed E-state index contributed by atoms with van der Waals surface area (Å²) in [5.74, 6) is -1.60. The molecular formula is C68H111O11P. The van der Waals surface area contributed by atoms with Gasteiger partial charge in [-0.15, -0.1) is 0 Å². The summed E-state index contributed by atoms with van der Waals surface area (Å²) in [6, 6.07) is 0. The highest BCUT2D eigenvalue weighted by atomic mass is 31.2. The Bertz CT molecular complexity index is 1850. The normalized spacial score (nSPS) is 14.2. The van der Waals surface area contributed by atoms with E-state index in [9.17, 15) is 28.9 Å². The van der Waals surface area contributed by atoms with Crippen LogP contribution in [0.25, 0.3) is 0 Å². The first-order chi connectivity index (χ1) is 39.2. The Hall–Kier alpha value is -4.38. The molecular weight excluding hydrogens is 1020 g/mol. The minimum atomic E-state index is -4.79. The fourth-order valence-electron chi connectivity index (χ4n) is 7.90. The molecule has 2 N–H and O–H groups in total. The van der Waals surface area contributed by atoms with E-state index in [-0.39, 0.29) is 25.9 Å². The zero-order valence-corrected chi connectivity index (χ0v) is 51.1. The Morgan fingerprint density at radius 1 is 0.362 bits per heavy atom. The fourth-order valence-corrected chi connectivity index (χ4v) is 8.68. The number of esters is 3. The van der Waals surface area contributed by atoms with Crippen LogP contribution in [0.4, 0.5) is 0 Å². The molecule has 0 aliphatic heterocycles. The van der Waals surface area contributed by atoms with Crippen molar-refractivity contribution in [1.82, 2.24) is 0 Å². The standard InChI is InChI=1S/C68H111O11P/c1-4-7-10-13-16-19-22-25-28-30-32-34-37-39-42-45-48-51-54-57-66(70)75-61-65(79-68(72)59-56-53-50-47-44-41-38-35-33-31-29-26-23-20-17-14-11-8-5-2)63-77-80(73,74)76-62-64(60-69)78-67(71)58-55-52-49-46-43-40-36-27-24-21-18-15-12-9-6-3/h7-8,10-11,16-17,19-20,25-29,32-36,41,44,50,53,64-65,69H,4-6,9,12-15,18,21-24,30-31,37-40,42-43,45-49,51-52,54-63H2,1-3H3,(H,73,74)/b10-7-,11-8-,19-16-,20-17-,28-25-,29-26-,34-32-,35-33-,36-27-,44-41-,53-50-. The molecule has 0 aromatic carbocycles. The van der Waals surface area contributed by atoms with Crippen molar-refractivity contribution in [2.45, 2.75) is 251 Å². The minimum absolute atomic E-state index is 0.0316. The molecule has 0 amide bonds. The first-order valence-electron chi connectivity index (χ1n) is 31.1. The van der Waals surface area contributed by atoms with Crippen LogP contribution in [0.3, 0.4) is 0 Å². The predicted octanol–water partition coefficient (Wildman–Crippen LogP) is 18.9. The number of carbonyl (C=O) groups excluding carboxylic acids is 3. The van der Waals surface area contributed by atoms with E-state index >= 15 is 0 Å². The summed E-state index contributed by atoms with van der Waals surface area (Å²) >= 11 is 0. The van der Waals surface area contributed by atoms with Crippen LogP contribution >= 0.6 is 7.82 Å². The van der Waals surface area contributed by atoms with Crippen molar-refractivity contribution in [2.75, 3.05) is 26.4 Å². The van der Waals surface area contributed by atoms with Gasteiger partial charge in [-0.25, -0.2) is 4.57 Å². The van der Waals surface area contributed by atoms with Crippen molar-refractivity contribution in [2.24, 2.45) is 0 Å². The van der Waals surface area contributed by atoms with Gasteiger partial charge in [-0.3, -0.25) is 23.4 Å². The van der Waals surface area contributed by atoms with Gasteiger partial charge >= 0.3 is 25.7 Å². The van der Waals surface area contributed by atoms with Crippen LogP contribution in [0.5, 0.6) is 0 Å². The maximum atomic E-state index is 12.9. The zero-order chi connectivity index (χ0) is 58.3. The van der Waals surface area contributed by atoms with Crippen LogP contribution in [0.15, 0.2) is 134 Å². The first kappa shape index (κ1) is 75.6. The predicted molar refractivity (Wildman–Crippen MR) is 334 cm³/mol. The number of allylic oxidation sites excluding steroid dienone is 22. The third-order valence-corrected chi connectivity index (χ3v) is 13.5. The lowest BCUT2D eigenvalue weighted by molar-refractivity contribution is -0.161. The van der Waals surface area contributed by atoms with Gasteiger partial charge in [-0.1, -0.05) is 231 Å². The molecule has 0 aromatic rings. The van der Waals surface area contributed by atoms with Gasteiger partial charge in [-0.05, 0) is 122 Å². The highest BCUT2D eigenvalue weighted by molar-refractivity contribution is 7.47. The number of hydrogen-bond donors (Lipinski definition) is 2. The summed E-state index contributed by atoms with van der Waals surface area (Å²) in [4.78, 5) is 48.7. The molecule has 0 aliphatic carbocycles. The summed E-state index contributed by atoms with van der Waals surface area (Å²) in [7, 11) is -4.79. The van der Waals surface area contributed by atoms with E-state index in [1.165, 1.54) is 38.5 Å². The van der Waals surface area contributed by atoms with Crippen LogP contribution < -0.4 is 0 Å². The highest BCUT2D eigenvalue weighted by Gasteiger charge is 2.28. The molecule has 3 unspecified atom stereocenters. The van der Waals surface area contributed by atoms with Crippen molar-refractivity contribution in [3.63, 3.8) is 0 Å². The Balaban J connectivity index is 4.87. The van der Waals surface area contributed by atoms with Crippen LogP contribution in [0.2, 0.25) is 0 Å². The van der Waals surface area contributed by atoms with Crippen LogP contribution in [-0.4, -0.2) is 66.5 Å². The summed E-state index contributed by atoms with van der Waals surface area (Å²) in [6.45, 7) is 4.30. The van der Waals surface area contributed by atoms with Crippen molar-refractivity contribution in [3.8, 4) is 0 Å². The number of aliphatic hydroxyl groups excluding tert-OH is 1. The van der Waals surface area contributed by atoms with E-state index in [0.717, 1.165) is 135 Å². The lowest BCUT2D eigenvalue weighted by Crippen LogP contribution is -2.30. The average Bonchev–Trinajstić information content (AvgIpc) is 3.45. The molecule has 0 spiro atoms. The highest BCUT2D eigenvalue weighted by Crippen LogP contribution is 2.43. The smallest absolute Gasteiger partial charge is 0.462 e. The Kier molecular flexibility index (Phi) is 57.4. The summed E-state index contributed by atoms with van der Waals surface area (Å²) < 4.78 is 39.5. The third-order valence-electron chi connectivity index (χ3n) is 12.6. The largest absolute Gasteiger partial charge is 0.472 e. The van der Waals surface area contributed by atoms with E-state index in [4.69, 9.17) is 23.3 Å². The summed E-state index contributed by atoms with van der Waals surface area (Å²) in [6.07, 6.45) is 77.0. The number of ether oxygens (including phenoxy) is 3. The Morgan fingerprint density at radius 3 is 1.09 bits per heavy atom. The molecule has 11 nitrogen and oxygen atoms in total. The topological polar surface area (TPSA) is 155 Å². The molecule has 0 fully saturated rings. The van der Waals surface area contributed by atoms with E-state index in [1.54, 1.807) is 0 Å². The van der Waals surface area contributed by atoms with Crippen LogP contribution in [0.1, 0.15) is 239 Å². The quantitative estimate of drug-likeness (QED) is 0.0197. The molecule has 3 atom stereocenters. The maximum Gasteiger partial charge on any atom is 0.472 e. The molecule has 80 heavy (non-hydrogen) atoms. The third kappa shape index (κ3) is 58.3. The molecule has 0 radical (unpaired) electrons.